The van der Waals surface area contributed by atoms with Gasteiger partial charge in [0.2, 0.25) is 0 Å². The van der Waals surface area contributed by atoms with Crippen LogP contribution in [0.25, 0.3) is 22.2 Å². The summed E-state index contributed by atoms with van der Waals surface area (Å²) in [7, 11) is 0. The van der Waals surface area contributed by atoms with Gasteiger partial charge in [-0.3, -0.25) is 9.78 Å². The van der Waals surface area contributed by atoms with Gasteiger partial charge in [-0.15, -0.1) is 0 Å². The van der Waals surface area contributed by atoms with Gasteiger partial charge in [0.25, 0.3) is 5.56 Å². The van der Waals surface area contributed by atoms with Crippen molar-refractivity contribution in [2.75, 3.05) is 36.9 Å². The predicted molar refractivity (Wildman–Crippen MR) is 105 cm³/mol. The molecule has 0 aliphatic carbocycles. The van der Waals surface area contributed by atoms with Crippen molar-refractivity contribution in [1.29, 1.82) is 5.26 Å². The number of H-pyrrole nitrogens is 2. The van der Waals surface area contributed by atoms with Crippen molar-refractivity contribution in [3.8, 4) is 17.2 Å². The van der Waals surface area contributed by atoms with Crippen LogP contribution in [0.5, 0.6) is 0 Å². The van der Waals surface area contributed by atoms with E-state index < -0.39 is 5.56 Å². The fourth-order valence-corrected chi connectivity index (χ4v) is 3.47. The maximum absolute atomic E-state index is 12.5. The summed E-state index contributed by atoms with van der Waals surface area (Å²) < 4.78 is 5.53. The lowest BCUT2D eigenvalue weighted by atomic mass is 9.97. The van der Waals surface area contributed by atoms with Gasteiger partial charge in [0.15, 0.2) is 4.77 Å². The third-order valence-electron chi connectivity index (χ3n) is 4.56. The number of anilines is 2. The van der Waals surface area contributed by atoms with Gasteiger partial charge < -0.3 is 20.4 Å². The van der Waals surface area contributed by atoms with Crippen molar-refractivity contribution < 1.29 is 4.74 Å². The number of hydrogen-bond donors (Lipinski definition) is 3. The number of aromatic nitrogens is 3. The Balaban J connectivity index is 1.91. The molecule has 4 N–H and O–H groups in total. The average Bonchev–Trinajstić information content (AvgIpc) is 2.67. The Morgan fingerprint density at radius 2 is 1.93 bits per heavy atom. The Bertz CT molecular complexity index is 1170. The van der Waals surface area contributed by atoms with Gasteiger partial charge in [0.05, 0.1) is 18.6 Å². The van der Waals surface area contributed by atoms with Crippen molar-refractivity contribution in [3.63, 3.8) is 0 Å². The quantitative estimate of drug-likeness (QED) is 0.580. The maximum Gasteiger partial charge on any atom is 0.261 e. The van der Waals surface area contributed by atoms with Gasteiger partial charge in [-0.05, 0) is 29.9 Å². The normalized spacial score (nSPS) is 14.3. The zero-order valence-corrected chi connectivity index (χ0v) is 15.1. The Hall–Kier alpha value is -3.22. The first-order valence-corrected chi connectivity index (χ1v) is 8.78. The molecule has 3 heterocycles. The number of benzene rings is 1. The zero-order chi connectivity index (χ0) is 19.0. The number of nitrogens with zero attached hydrogens (tertiary/aromatic N) is 3. The van der Waals surface area contributed by atoms with Gasteiger partial charge in [-0.2, -0.15) is 5.26 Å². The number of pyridine rings is 1. The number of fused-ring (bicyclic) bond motifs is 1. The molecule has 0 amide bonds. The van der Waals surface area contributed by atoms with Crippen LogP contribution in [0.15, 0.2) is 29.1 Å². The summed E-state index contributed by atoms with van der Waals surface area (Å²) in [6, 6.07) is 9.74. The summed E-state index contributed by atoms with van der Waals surface area (Å²) in [5.41, 5.74) is 8.18. The van der Waals surface area contributed by atoms with E-state index in [0.29, 0.717) is 24.3 Å². The van der Waals surface area contributed by atoms with Crippen LogP contribution in [-0.2, 0) is 4.74 Å². The Labute approximate surface area is 159 Å². The summed E-state index contributed by atoms with van der Waals surface area (Å²) in [6.07, 6.45) is 0. The molecule has 1 saturated heterocycles. The second-order valence-electron chi connectivity index (χ2n) is 6.14. The maximum atomic E-state index is 12.5. The first kappa shape index (κ1) is 17.2. The van der Waals surface area contributed by atoms with Crippen LogP contribution in [0.1, 0.15) is 5.56 Å². The smallest absolute Gasteiger partial charge is 0.261 e. The van der Waals surface area contributed by atoms with E-state index in [9.17, 15) is 10.1 Å². The lowest BCUT2D eigenvalue weighted by molar-refractivity contribution is 0.122. The lowest BCUT2D eigenvalue weighted by Gasteiger charge is -2.29. The van der Waals surface area contributed by atoms with Crippen molar-refractivity contribution in [2.24, 2.45) is 0 Å². The Kier molecular flexibility index (Phi) is 4.35. The van der Waals surface area contributed by atoms with Gasteiger partial charge in [0, 0.05) is 24.3 Å². The fraction of sp³-hybridized carbons (Fsp3) is 0.222. The molecule has 136 valence electrons. The van der Waals surface area contributed by atoms with E-state index in [2.05, 4.69) is 25.9 Å². The minimum absolute atomic E-state index is 0.0495. The number of hydrogen-bond acceptors (Lipinski definition) is 7. The van der Waals surface area contributed by atoms with E-state index >= 15 is 0 Å². The number of nitriles is 1. The monoisotopic (exact) mass is 380 g/mol. The zero-order valence-electron chi connectivity index (χ0n) is 14.3. The van der Waals surface area contributed by atoms with Gasteiger partial charge in [0.1, 0.15) is 23.1 Å². The number of nitrogens with one attached hydrogen (secondary N) is 2. The molecule has 0 saturated carbocycles. The van der Waals surface area contributed by atoms with E-state index in [-0.39, 0.29) is 27.2 Å². The highest BCUT2D eigenvalue weighted by Crippen LogP contribution is 2.32. The van der Waals surface area contributed by atoms with Gasteiger partial charge in [-0.25, -0.2) is 4.98 Å². The molecule has 0 atom stereocenters. The van der Waals surface area contributed by atoms with Crippen LogP contribution in [0.4, 0.5) is 11.5 Å². The Morgan fingerprint density at radius 1 is 1.22 bits per heavy atom. The third kappa shape index (κ3) is 3.05. The number of nitrogens with two attached hydrogens (primary N) is 1. The molecule has 3 aromatic rings. The molecule has 0 radical (unpaired) electrons. The molecule has 0 unspecified atom stereocenters. The highest BCUT2D eigenvalue weighted by molar-refractivity contribution is 7.71. The molecule has 27 heavy (non-hydrogen) atoms. The first-order valence-electron chi connectivity index (χ1n) is 8.37. The fourth-order valence-electron chi connectivity index (χ4n) is 3.28. The standard InChI is InChI=1S/C18H16N6O2S/c19-9-12-13(14-16(21-15(12)20)22-18(27)23-17(14)25)10-1-3-11(4-2-10)24-5-7-26-8-6-24/h1-4H,5-8H2,(H4,20,21,22,23,25,27). The SMILES string of the molecule is N#Cc1c(N)nc2[nH]c(=S)[nH]c(=O)c2c1-c1ccc(N2CCOCC2)cc1. The van der Waals surface area contributed by atoms with Crippen molar-refractivity contribution >= 4 is 34.8 Å². The molecule has 1 aliphatic rings. The highest BCUT2D eigenvalue weighted by atomic mass is 32.1. The second-order valence-corrected chi connectivity index (χ2v) is 6.55. The van der Waals surface area contributed by atoms with Crippen LogP contribution in [0.2, 0.25) is 0 Å². The second kappa shape index (κ2) is 6.83. The number of aromatic amines is 2. The molecular weight excluding hydrogens is 364 g/mol. The number of nitrogen functional groups attached to an aromatic ring is 1. The van der Waals surface area contributed by atoms with E-state index in [1.807, 2.05) is 24.3 Å². The van der Waals surface area contributed by atoms with Crippen molar-refractivity contribution in [3.05, 3.63) is 45.0 Å². The largest absolute Gasteiger partial charge is 0.383 e. The summed E-state index contributed by atoms with van der Waals surface area (Å²) >= 11 is 5.01. The third-order valence-corrected chi connectivity index (χ3v) is 4.76. The number of morpholine rings is 1. The molecule has 0 spiro atoms. The average molecular weight is 380 g/mol. The minimum Gasteiger partial charge on any atom is -0.383 e. The molecule has 1 aromatic carbocycles. The van der Waals surface area contributed by atoms with E-state index in [0.717, 1.165) is 18.8 Å². The van der Waals surface area contributed by atoms with Crippen molar-refractivity contribution in [1.82, 2.24) is 15.0 Å². The molecule has 9 heteroatoms. The lowest BCUT2D eigenvalue weighted by Crippen LogP contribution is -2.36. The molecule has 2 aromatic heterocycles. The summed E-state index contributed by atoms with van der Waals surface area (Å²) in [5, 5.41) is 9.85. The van der Waals surface area contributed by atoms with E-state index in [4.69, 9.17) is 22.7 Å². The van der Waals surface area contributed by atoms with Crippen LogP contribution < -0.4 is 16.2 Å². The van der Waals surface area contributed by atoms with Crippen LogP contribution >= 0.6 is 12.2 Å². The minimum atomic E-state index is -0.412. The molecule has 4 rings (SSSR count). The Morgan fingerprint density at radius 3 is 2.59 bits per heavy atom. The molecule has 8 nitrogen and oxygen atoms in total. The van der Waals surface area contributed by atoms with Gasteiger partial charge in [-0.1, -0.05) is 12.1 Å². The summed E-state index contributed by atoms with van der Waals surface area (Å²) in [6.45, 7) is 3.04. The molecule has 1 aliphatic heterocycles. The van der Waals surface area contributed by atoms with E-state index in [1.54, 1.807) is 0 Å². The van der Waals surface area contributed by atoms with Crippen molar-refractivity contribution in [2.45, 2.75) is 0 Å². The number of rotatable bonds is 2. The number of ether oxygens (including phenoxy) is 1. The van der Waals surface area contributed by atoms with E-state index in [1.165, 1.54) is 0 Å². The molecular formula is C18H16N6O2S. The van der Waals surface area contributed by atoms with Crippen LogP contribution in [0.3, 0.4) is 0 Å². The summed E-state index contributed by atoms with van der Waals surface area (Å²) in [4.78, 5) is 24.3. The first-order chi connectivity index (χ1) is 13.1. The predicted octanol–water partition coefficient (Wildman–Crippen LogP) is 1.94. The highest BCUT2D eigenvalue weighted by Gasteiger charge is 2.19. The van der Waals surface area contributed by atoms with Crippen LogP contribution in [-0.4, -0.2) is 41.3 Å². The molecule has 1 fully saturated rings. The summed E-state index contributed by atoms with van der Waals surface area (Å²) in [5.74, 6) is 0.0495. The molecule has 0 bridgehead atoms. The topological polar surface area (TPSA) is 124 Å². The van der Waals surface area contributed by atoms with Gasteiger partial charge >= 0.3 is 0 Å². The van der Waals surface area contributed by atoms with Crippen LogP contribution in [0, 0.1) is 16.1 Å².